The summed E-state index contributed by atoms with van der Waals surface area (Å²) in [5.74, 6) is 0. The highest BCUT2D eigenvalue weighted by Gasteiger charge is 2.34. The number of rotatable bonds is 3. The number of aryl methyl sites for hydroxylation is 1. The van der Waals surface area contributed by atoms with Crippen molar-refractivity contribution in [2.24, 2.45) is 11.1 Å². The topological polar surface area (TPSA) is 38.9 Å². The smallest absolute Gasteiger partial charge is 0.0448 e. The van der Waals surface area contributed by atoms with Crippen molar-refractivity contribution in [2.45, 2.75) is 52.0 Å². The molecule has 16 heavy (non-hydrogen) atoms. The van der Waals surface area contributed by atoms with Crippen LogP contribution in [0.1, 0.15) is 43.9 Å². The summed E-state index contributed by atoms with van der Waals surface area (Å²) < 4.78 is 0. The molecule has 0 spiro atoms. The first-order chi connectivity index (χ1) is 7.62. The monoisotopic (exact) mass is 218 g/mol. The average Bonchev–Trinajstić information content (AvgIpc) is 2.70. The molecule has 1 unspecified atom stereocenters. The lowest BCUT2D eigenvalue weighted by atomic mass is 9.79. The SMILES string of the molecule is Cc1cccnc1CC(N)C1(C)CCCC1. The summed E-state index contributed by atoms with van der Waals surface area (Å²) in [5, 5.41) is 0. The molecule has 1 fully saturated rings. The van der Waals surface area contributed by atoms with Gasteiger partial charge in [0.2, 0.25) is 0 Å². The number of aromatic nitrogens is 1. The van der Waals surface area contributed by atoms with E-state index in [1.165, 1.54) is 36.9 Å². The van der Waals surface area contributed by atoms with Gasteiger partial charge in [-0.25, -0.2) is 0 Å². The second kappa shape index (κ2) is 4.54. The quantitative estimate of drug-likeness (QED) is 0.847. The van der Waals surface area contributed by atoms with E-state index in [0.717, 1.165) is 6.42 Å². The van der Waals surface area contributed by atoms with Crippen molar-refractivity contribution in [2.75, 3.05) is 0 Å². The van der Waals surface area contributed by atoms with Crippen molar-refractivity contribution in [3.05, 3.63) is 29.6 Å². The van der Waals surface area contributed by atoms with Crippen molar-refractivity contribution >= 4 is 0 Å². The van der Waals surface area contributed by atoms with E-state index in [1.807, 2.05) is 12.3 Å². The summed E-state index contributed by atoms with van der Waals surface area (Å²) in [6.07, 6.45) is 8.02. The van der Waals surface area contributed by atoms with E-state index in [2.05, 4.69) is 24.9 Å². The van der Waals surface area contributed by atoms with E-state index in [1.54, 1.807) is 0 Å². The molecule has 1 aliphatic carbocycles. The van der Waals surface area contributed by atoms with E-state index in [-0.39, 0.29) is 6.04 Å². The molecule has 0 amide bonds. The highest BCUT2D eigenvalue weighted by atomic mass is 14.7. The predicted molar refractivity (Wildman–Crippen MR) is 67.2 cm³/mol. The Balaban J connectivity index is 2.07. The molecule has 2 nitrogen and oxygen atoms in total. The minimum atomic E-state index is 0.253. The van der Waals surface area contributed by atoms with Gasteiger partial charge in [0.1, 0.15) is 0 Å². The number of pyridine rings is 1. The van der Waals surface area contributed by atoms with Gasteiger partial charge in [0.15, 0.2) is 0 Å². The summed E-state index contributed by atoms with van der Waals surface area (Å²) in [6.45, 7) is 4.45. The first-order valence-electron chi connectivity index (χ1n) is 6.28. The third-order valence-electron chi connectivity index (χ3n) is 4.17. The van der Waals surface area contributed by atoms with E-state index < -0.39 is 0 Å². The lowest BCUT2D eigenvalue weighted by molar-refractivity contribution is 0.259. The van der Waals surface area contributed by atoms with Crippen LogP contribution in [-0.2, 0) is 6.42 Å². The highest BCUT2D eigenvalue weighted by Crippen LogP contribution is 2.40. The van der Waals surface area contributed by atoms with Crippen LogP contribution >= 0.6 is 0 Å². The van der Waals surface area contributed by atoms with Crippen LogP contribution in [0.5, 0.6) is 0 Å². The average molecular weight is 218 g/mol. The van der Waals surface area contributed by atoms with Crippen LogP contribution in [0.2, 0.25) is 0 Å². The van der Waals surface area contributed by atoms with Gasteiger partial charge in [-0.3, -0.25) is 4.98 Å². The molecule has 1 saturated carbocycles. The molecule has 1 aliphatic rings. The minimum Gasteiger partial charge on any atom is -0.327 e. The number of nitrogens with two attached hydrogens (primary N) is 1. The van der Waals surface area contributed by atoms with Gasteiger partial charge in [-0.2, -0.15) is 0 Å². The van der Waals surface area contributed by atoms with Crippen molar-refractivity contribution in [3.63, 3.8) is 0 Å². The number of hydrogen-bond donors (Lipinski definition) is 1. The molecule has 0 saturated heterocycles. The zero-order valence-corrected chi connectivity index (χ0v) is 10.4. The maximum atomic E-state index is 6.37. The van der Waals surface area contributed by atoms with Crippen LogP contribution in [0.4, 0.5) is 0 Å². The molecular weight excluding hydrogens is 196 g/mol. The van der Waals surface area contributed by atoms with Crippen molar-refractivity contribution < 1.29 is 0 Å². The molecule has 0 radical (unpaired) electrons. The largest absolute Gasteiger partial charge is 0.327 e. The zero-order chi connectivity index (χ0) is 11.6. The Hall–Kier alpha value is -0.890. The first kappa shape index (κ1) is 11.6. The van der Waals surface area contributed by atoms with Crippen LogP contribution in [0.25, 0.3) is 0 Å². The van der Waals surface area contributed by atoms with Crippen LogP contribution in [0.15, 0.2) is 18.3 Å². The molecule has 0 bridgehead atoms. The Morgan fingerprint density at radius 1 is 1.44 bits per heavy atom. The molecule has 2 rings (SSSR count). The Morgan fingerprint density at radius 3 is 2.75 bits per heavy atom. The molecule has 2 N–H and O–H groups in total. The maximum absolute atomic E-state index is 6.37. The van der Waals surface area contributed by atoms with Gasteiger partial charge < -0.3 is 5.73 Å². The molecule has 2 heteroatoms. The molecule has 1 aromatic rings. The van der Waals surface area contributed by atoms with Gasteiger partial charge >= 0.3 is 0 Å². The zero-order valence-electron chi connectivity index (χ0n) is 10.4. The molecule has 88 valence electrons. The van der Waals surface area contributed by atoms with Gasteiger partial charge in [0.25, 0.3) is 0 Å². The van der Waals surface area contributed by atoms with E-state index in [4.69, 9.17) is 5.73 Å². The Bertz CT molecular complexity index is 354. The third-order valence-corrected chi connectivity index (χ3v) is 4.17. The Morgan fingerprint density at radius 2 is 2.12 bits per heavy atom. The van der Waals surface area contributed by atoms with Crippen LogP contribution in [0, 0.1) is 12.3 Å². The van der Waals surface area contributed by atoms with E-state index in [9.17, 15) is 0 Å². The van der Waals surface area contributed by atoms with Gasteiger partial charge in [0.05, 0.1) is 0 Å². The normalized spacial score (nSPS) is 20.9. The summed E-state index contributed by atoms with van der Waals surface area (Å²) in [7, 11) is 0. The molecule has 0 aromatic carbocycles. The van der Waals surface area contributed by atoms with Crippen LogP contribution < -0.4 is 5.73 Å². The molecular formula is C14H22N2. The maximum Gasteiger partial charge on any atom is 0.0448 e. The molecule has 1 heterocycles. The van der Waals surface area contributed by atoms with Gasteiger partial charge in [-0.1, -0.05) is 25.8 Å². The van der Waals surface area contributed by atoms with Crippen molar-refractivity contribution in [1.29, 1.82) is 0 Å². The number of nitrogens with zero attached hydrogens (tertiary/aromatic N) is 1. The molecule has 1 atom stereocenters. The number of hydrogen-bond acceptors (Lipinski definition) is 2. The standard InChI is InChI=1S/C14H22N2/c1-11-6-5-9-16-12(11)10-13(15)14(2)7-3-4-8-14/h5-6,9,13H,3-4,7-8,10,15H2,1-2H3. The fourth-order valence-corrected chi connectivity index (χ4v) is 2.74. The summed E-state index contributed by atoms with van der Waals surface area (Å²) in [4.78, 5) is 4.44. The first-order valence-corrected chi connectivity index (χ1v) is 6.28. The highest BCUT2D eigenvalue weighted by molar-refractivity contribution is 5.19. The summed E-state index contributed by atoms with van der Waals surface area (Å²) in [5.41, 5.74) is 9.14. The van der Waals surface area contributed by atoms with Crippen molar-refractivity contribution in [1.82, 2.24) is 4.98 Å². The minimum absolute atomic E-state index is 0.253. The van der Waals surface area contributed by atoms with Crippen LogP contribution in [0.3, 0.4) is 0 Å². The third kappa shape index (κ3) is 2.27. The Labute approximate surface area is 98.3 Å². The predicted octanol–water partition coefficient (Wildman–Crippen LogP) is 2.84. The second-order valence-corrected chi connectivity index (χ2v) is 5.44. The molecule has 0 aliphatic heterocycles. The molecule has 1 aromatic heterocycles. The van der Waals surface area contributed by atoms with Crippen molar-refractivity contribution in [3.8, 4) is 0 Å². The van der Waals surface area contributed by atoms with E-state index >= 15 is 0 Å². The van der Waals surface area contributed by atoms with E-state index in [0.29, 0.717) is 5.41 Å². The van der Waals surface area contributed by atoms with Gasteiger partial charge in [-0.05, 0) is 36.8 Å². The Kier molecular flexibility index (Phi) is 3.29. The summed E-state index contributed by atoms with van der Waals surface area (Å²) >= 11 is 0. The fourth-order valence-electron chi connectivity index (χ4n) is 2.74. The lowest BCUT2D eigenvalue weighted by Crippen LogP contribution is -2.39. The second-order valence-electron chi connectivity index (χ2n) is 5.44. The van der Waals surface area contributed by atoms with Gasteiger partial charge in [-0.15, -0.1) is 0 Å². The van der Waals surface area contributed by atoms with Crippen LogP contribution in [-0.4, -0.2) is 11.0 Å². The fraction of sp³-hybridized carbons (Fsp3) is 0.643. The summed E-state index contributed by atoms with van der Waals surface area (Å²) in [6, 6.07) is 4.36. The lowest BCUT2D eigenvalue weighted by Gasteiger charge is -2.31. The van der Waals surface area contributed by atoms with Gasteiger partial charge in [0, 0.05) is 24.4 Å².